The molecule has 2 aromatic carbocycles. The number of fused-ring (bicyclic) bond motifs is 1. The van der Waals surface area contributed by atoms with Gasteiger partial charge in [0.25, 0.3) is 0 Å². The lowest BCUT2D eigenvalue weighted by Crippen LogP contribution is -2.34. The number of anilines is 1. The molecule has 2 aromatic rings. The topological polar surface area (TPSA) is 27.3 Å². The third-order valence-corrected chi connectivity index (χ3v) is 5.70. The Morgan fingerprint density at radius 2 is 2.00 bits per heavy atom. The lowest BCUT2D eigenvalue weighted by Gasteiger charge is -2.28. The van der Waals surface area contributed by atoms with E-state index in [0.717, 1.165) is 49.2 Å². The molecular formula is C20H24BrN3S. The van der Waals surface area contributed by atoms with Crippen molar-refractivity contribution in [3.8, 4) is 0 Å². The van der Waals surface area contributed by atoms with Gasteiger partial charge in [-0.25, -0.2) is 0 Å². The second-order valence-electron chi connectivity index (χ2n) is 6.49. The van der Waals surface area contributed by atoms with Crippen molar-refractivity contribution in [3.05, 3.63) is 63.6 Å². The summed E-state index contributed by atoms with van der Waals surface area (Å²) in [6.07, 6.45) is 2.25. The van der Waals surface area contributed by atoms with Crippen molar-refractivity contribution in [2.24, 2.45) is 0 Å². The lowest BCUT2D eigenvalue weighted by molar-refractivity contribution is 0.251. The molecular weight excluding hydrogens is 394 g/mol. The molecule has 0 unspecified atom stereocenters. The Balaban J connectivity index is 1.37. The summed E-state index contributed by atoms with van der Waals surface area (Å²) in [5, 5.41) is 7.24. The highest BCUT2D eigenvalue weighted by atomic mass is 79.9. The number of hydrogen-bond donors (Lipinski definition) is 2. The van der Waals surface area contributed by atoms with E-state index in [1.54, 1.807) is 0 Å². The Hall–Kier alpha value is -1.43. The third kappa shape index (κ3) is 5.27. The summed E-state index contributed by atoms with van der Waals surface area (Å²) < 4.78 is 1.11. The van der Waals surface area contributed by atoms with Crippen molar-refractivity contribution in [1.29, 1.82) is 0 Å². The minimum Gasteiger partial charge on any atom is -0.362 e. The molecule has 0 fully saturated rings. The van der Waals surface area contributed by atoms with Crippen molar-refractivity contribution in [2.75, 3.05) is 25.0 Å². The fraction of sp³-hybridized carbons (Fsp3) is 0.350. The molecule has 5 heteroatoms. The van der Waals surface area contributed by atoms with Crippen molar-refractivity contribution < 1.29 is 0 Å². The van der Waals surface area contributed by atoms with Gasteiger partial charge in [-0.15, -0.1) is 0 Å². The summed E-state index contributed by atoms with van der Waals surface area (Å²) in [6, 6.07) is 14.9. The first-order valence-electron chi connectivity index (χ1n) is 8.72. The van der Waals surface area contributed by atoms with E-state index in [0.29, 0.717) is 5.11 Å². The smallest absolute Gasteiger partial charge is 0.170 e. The predicted octanol–water partition coefficient (Wildman–Crippen LogP) is 4.49. The van der Waals surface area contributed by atoms with Crippen LogP contribution in [0.5, 0.6) is 0 Å². The second kappa shape index (κ2) is 8.79. The highest BCUT2D eigenvalue weighted by Gasteiger charge is 2.14. The van der Waals surface area contributed by atoms with Crippen LogP contribution in [0.15, 0.2) is 46.9 Å². The fourth-order valence-electron chi connectivity index (χ4n) is 3.15. The summed E-state index contributed by atoms with van der Waals surface area (Å²) in [6.45, 7) is 6.28. The van der Waals surface area contributed by atoms with Crippen LogP contribution in [0.25, 0.3) is 0 Å². The lowest BCUT2D eigenvalue weighted by atomic mass is 10.00. The first-order chi connectivity index (χ1) is 12.1. The van der Waals surface area contributed by atoms with Crippen LogP contribution in [-0.4, -0.2) is 29.6 Å². The molecule has 3 rings (SSSR count). The quantitative estimate of drug-likeness (QED) is 0.553. The molecule has 1 aliphatic heterocycles. The Bertz CT molecular complexity index is 747. The van der Waals surface area contributed by atoms with E-state index in [9.17, 15) is 0 Å². The average Bonchev–Trinajstić information content (AvgIpc) is 2.62. The molecule has 1 aliphatic rings. The van der Waals surface area contributed by atoms with Gasteiger partial charge in [-0.3, -0.25) is 4.90 Å². The Morgan fingerprint density at radius 3 is 2.80 bits per heavy atom. The van der Waals surface area contributed by atoms with Crippen molar-refractivity contribution in [3.63, 3.8) is 0 Å². The van der Waals surface area contributed by atoms with Gasteiger partial charge in [0.1, 0.15) is 0 Å². The molecule has 25 heavy (non-hydrogen) atoms. The van der Waals surface area contributed by atoms with Crippen molar-refractivity contribution >= 4 is 38.9 Å². The molecule has 1 heterocycles. The van der Waals surface area contributed by atoms with E-state index in [1.165, 1.54) is 16.7 Å². The number of thiocarbonyl (C=S) groups is 1. The maximum Gasteiger partial charge on any atom is 0.170 e. The van der Waals surface area contributed by atoms with Crippen LogP contribution < -0.4 is 10.6 Å². The van der Waals surface area contributed by atoms with Crippen LogP contribution in [0.3, 0.4) is 0 Å². The number of hydrogen-bond acceptors (Lipinski definition) is 2. The molecule has 0 aliphatic carbocycles. The van der Waals surface area contributed by atoms with Crippen LogP contribution in [0.2, 0.25) is 0 Å². The highest BCUT2D eigenvalue weighted by molar-refractivity contribution is 9.10. The molecule has 0 saturated carbocycles. The Kier molecular flexibility index (Phi) is 6.45. The fourth-order valence-corrected chi connectivity index (χ4v) is 3.61. The molecule has 0 radical (unpaired) electrons. The van der Waals surface area contributed by atoms with Crippen LogP contribution in [0.4, 0.5) is 5.69 Å². The van der Waals surface area contributed by atoms with Crippen LogP contribution in [0, 0.1) is 6.92 Å². The largest absolute Gasteiger partial charge is 0.362 e. The summed E-state index contributed by atoms with van der Waals surface area (Å²) in [4.78, 5) is 2.53. The average molecular weight is 418 g/mol. The van der Waals surface area contributed by atoms with Gasteiger partial charge in [-0.1, -0.05) is 40.2 Å². The van der Waals surface area contributed by atoms with Gasteiger partial charge in [-0.05, 0) is 66.9 Å². The zero-order valence-electron chi connectivity index (χ0n) is 14.5. The molecule has 3 nitrogen and oxygen atoms in total. The number of halogens is 1. The third-order valence-electron chi connectivity index (χ3n) is 4.56. The summed E-state index contributed by atoms with van der Waals surface area (Å²) in [5.41, 5.74) is 5.19. The molecule has 0 amide bonds. The van der Waals surface area contributed by atoms with Gasteiger partial charge in [0.2, 0.25) is 0 Å². The van der Waals surface area contributed by atoms with E-state index in [4.69, 9.17) is 12.2 Å². The van der Waals surface area contributed by atoms with Crippen molar-refractivity contribution in [2.45, 2.75) is 26.3 Å². The molecule has 0 spiro atoms. The molecule has 0 bridgehead atoms. The van der Waals surface area contributed by atoms with Gasteiger partial charge in [0.05, 0.1) is 0 Å². The summed E-state index contributed by atoms with van der Waals surface area (Å²) in [5.74, 6) is 0. The standard InChI is InChI=1S/C20H24BrN3S/c1-15-13-18(7-8-19(15)21)23-20(25)22-10-4-11-24-12-9-16-5-2-3-6-17(16)14-24/h2-3,5-8,13H,4,9-12,14H2,1H3,(H2,22,23,25). The second-order valence-corrected chi connectivity index (χ2v) is 7.76. The SMILES string of the molecule is Cc1cc(NC(=S)NCCCN2CCc3ccccc3C2)ccc1Br. The van der Waals surface area contributed by atoms with Crippen molar-refractivity contribution in [1.82, 2.24) is 10.2 Å². The normalized spacial score (nSPS) is 14.0. The summed E-state index contributed by atoms with van der Waals surface area (Å²) >= 11 is 8.90. The first kappa shape index (κ1) is 18.4. The maximum absolute atomic E-state index is 5.39. The van der Waals surface area contributed by atoms with Gasteiger partial charge in [0.15, 0.2) is 5.11 Å². The minimum atomic E-state index is 0.686. The van der Waals surface area contributed by atoms with Gasteiger partial charge >= 0.3 is 0 Å². The molecule has 132 valence electrons. The van der Waals surface area contributed by atoms with Crippen LogP contribution in [0.1, 0.15) is 23.1 Å². The van der Waals surface area contributed by atoms with E-state index < -0.39 is 0 Å². The van der Waals surface area contributed by atoms with E-state index in [2.05, 4.69) is 68.7 Å². The number of rotatable bonds is 5. The molecule has 2 N–H and O–H groups in total. The molecule has 0 aromatic heterocycles. The monoisotopic (exact) mass is 417 g/mol. The summed E-state index contributed by atoms with van der Waals surface area (Å²) in [7, 11) is 0. The van der Waals surface area contributed by atoms with Gasteiger partial charge in [0, 0.05) is 36.3 Å². The predicted molar refractivity (Wildman–Crippen MR) is 113 cm³/mol. The highest BCUT2D eigenvalue weighted by Crippen LogP contribution is 2.20. The maximum atomic E-state index is 5.39. The van der Waals surface area contributed by atoms with Gasteiger partial charge in [-0.2, -0.15) is 0 Å². The molecule has 0 saturated heterocycles. The zero-order valence-corrected chi connectivity index (χ0v) is 16.9. The number of nitrogens with zero attached hydrogens (tertiary/aromatic N) is 1. The number of nitrogens with one attached hydrogen (secondary N) is 2. The van der Waals surface area contributed by atoms with Gasteiger partial charge < -0.3 is 10.6 Å². The Labute approximate surface area is 163 Å². The Morgan fingerprint density at radius 1 is 1.20 bits per heavy atom. The van der Waals surface area contributed by atoms with E-state index in [-0.39, 0.29) is 0 Å². The van der Waals surface area contributed by atoms with Crippen LogP contribution in [-0.2, 0) is 13.0 Å². The zero-order chi connectivity index (χ0) is 17.6. The first-order valence-corrected chi connectivity index (χ1v) is 9.92. The van der Waals surface area contributed by atoms with E-state index >= 15 is 0 Å². The number of benzene rings is 2. The van der Waals surface area contributed by atoms with E-state index in [1.807, 2.05) is 12.1 Å². The number of aryl methyl sites for hydroxylation is 1. The van der Waals surface area contributed by atoms with Crippen LogP contribution >= 0.6 is 28.1 Å². The minimum absolute atomic E-state index is 0.686. The molecule has 0 atom stereocenters.